The first-order valence-corrected chi connectivity index (χ1v) is 3.17. The molecule has 5 nitrogen and oxygen atoms in total. The quantitative estimate of drug-likeness (QED) is 0.163. The summed E-state index contributed by atoms with van der Waals surface area (Å²) in [5, 5.41) is 3.14. The van der Waals surface area contributed by atoms with Gasteiger partial charge in [0.15, 0.2) is 0 Å². The average molecular weight is 176 g/mol. The summed E-state index contributed by atoms with van der Waals surface area (Å²) in [5.74, 6) is -0.604. The Labute approximate surface area is 68.2 Å². The molecular formula is C5H6ClN3O2. The van der Waals surface area contributed by atoms with Gasteiger partial charge in [0.05, 0.1) is 13.0 Å². The van der Waals surface area contributed by atoms with Crippen LogP contribution in [-0.2, 0) is 9.53 Å². The van der Waals surface area contributed by atoms with Gasteiger partial charge in [-0.25, -0.2) is 4.79 Å². The predicted octanol–water partition coefficient (Wildman–Crippen LogP) is 1.59. The van der Waals surface area contributed by atoms with Crippen molar-refractivity contribution in [3.05, 3.63) is 22.2 Å². The number of carbonyl (C=O) groups is 1. The highest BCUT2D eigenvalue weighted by Crippen LogP contribution is 2.00. The molecule has 11 heavy (non-hydrogen) atoms. The Bertz CT molecular complexity index is 220. The topological polar surface area (TPSA) is 75.1 Å². The number of halogens is 1. The maximum Gasteiger partial charge on any atom is 0.330 e. The van der Waals surface area contributed by atoms with Gasteiger partial charge in [-0.2, -0.15) is 0 Å². The van der Waals surface area contributed by atoms with Gasteiger partial charge >= 0.3 is 5.97 Å². The highest BCUT2D eigenvalue weighted by molar-refractivity contribution is 6.19. The van der Waals surface area contributed by atoms with Crippen molar-refractivity contribution < 1.29 is 9.53 Å². The summed E-state index contributed by atoms with van der Waals surface area (Å²) in [6.07, 6.45) is 1.03. The van der Waals surface area contributed by atoms with E-state index in [0.717, 1.165) is 6.08 Å². The molecule has 0 aliphatic rings. The monoisotopic (exact) mass is 175 g/mol. The van der Waals surface area contributed by atoms with Crippen LogP contribution in [0.25, 0.3) is 10.4 Å². The molecule has 0 saturated heterocycles. The van der Waals surface area contributed by atoms with E-state index in [1.54, 1.807) is 0 Å². The Hall–Kier alpha value is -1.19. The molecule has 6 heteroatoms. The lowest BCUT2D eigenvalue weighted by Crippen LogP contribution is -1.96. The number of ether oxygens (including phenoxy) is 1. The Kier molecular flexibility index (Phi) is 4.98. The van der Waals surface area contributed by atoms with Crippen LogP contribution in [0.3, 0.4) is 0 Å². The van der Waals surface area contributed by atoms with Gasteiger partial charge in [0.2, 0.25) is 0 Å². The van der Waals surface area contributed by atoms with Crippen LogP contribution in [-0.4, -0.2) is 19.0 Å². The van der Waals surface area contributed by atoms with Crippen molar-refractivity contribution in [2.45, 2.75) is 0 Å². The molecule has 0 unspecified atom stereocenters. The van der Waals surface area contributed by atoms with E-state index < -0.39 is 5.97 Å². The highest BCUT2D eigenvalue weighted by Gasteiger charge is 1.96. The van der Waals surface area contributed by atoms with Gasteiger partial charge in [0, 0.05) is 16.7 Å². The third-order valence-corrected chi connectivity index (χ3v) is 1.07. The van der Waals surface area contributed by atoms with E-state index in [9.17, 15) is 4.79 Å². The normalized spacial score (nSPS) is 10.2. The number of rotatable bonds is 3. The second-order valence-corrected chi connectivity index (χ2v) is 1.75. The van der Waals surface area contributed by atoms with Crippen LogP contribution in [0.15, 0.2) is 16.9 Å². The van der Waals surface area contributed by atoms with E-state index in [1.807, 2.05) is 0 Å². The Morgan fingerprint density at radius 1 is 1.91 bits per heavy atom. The van der Waals surface area contributed by atoms with Crippen LogP contribution >= 0.6 is 11.6 Å². The Balaban J connectivity index is 4.34. The number of hydrogen-bond acceptors (Lipinski definition) is 3. The molecule has 0 aromatic heterocycles. The largest absolute Gasteiger partial charge is 0.466 e. The number of esters is 1. The molecule has 60 valence electrons. The molecule has 0 saturated carbocycles. The Morgan fingerprint density at radius 3 is 2.91 bits per heavy atom. The second-order valence-electron chi connectivity index (χ2n) is 1.48. The number of allylic oxidation sites excluding steroid dienone is 1. The summed E-state index contributed by atoms with van der Waals surface area (Å²) in [6.45, 7) is 0. The smallest absolute Gasteiger partial charge is 0.330 e. The van der Waals surface area contributed by atoms with Gasteiger partial charge in [-0.1, -0.05) is 5.11 Å². The lowest BCUT2D eigenvalue weighted by Gasteiger charge is -1.92. The molecule has 0 fully saturated rings. The fourth-order valence-corrected chi connectivity index (χ4v) is 0.477. The van der Waals surface area contributed by atoms with Crippen molar-refractivity contribution in [1.29, 1.82) is 0 Å². The summed E-state index contributed by atoms with van der Waals surface area (Å²) in [4.78, 5) is 13.0. The molecule has 0 spiro atoms. The summed E-state index contributed by atoms with van der Waals surface area (Å²) in [5.41, 5.74) is 8.10. The van der Waals surface area contributed by atoms with Crippen molar-refractivity contribution >= 4 is 17.6 Å². The molecule has 0 aliphatic heterocycles. The number of carbonyl (C=O) groups excluding carboxylic acids is 1. The van der Waals surface area contributed by atoms with Crippen LogP contribution in [0.4, 0.5) is 0 Å². The number of nitrogens with zero attached hydrogens (tertiary/aromatic N) is 3. The maximum absolute atomic E-state index is 10.5. The summed E-state index contributed by atoms with van der Waals surface area (Å²) >= 11 is 5.31. The first-order chi connectivity index (χ1) is 5.24. The molecule has 0 rings (SSSR count). The van der Waals surface area contributed by atoms with Crippen LogP contribution in [0.2, 0.25) is 0 Å². The maximum atomic E-state index is 10.5. The molecular weight excluding hydrogens is 170 g/mol. The van der Waals surface area contributed by atoms with Crippen molar-refractivity contribution in [3.63, 3.8) is 0 Å². The van der Waals surface area contributed by atoms with E-state index >= 15 is 0 Å². The standard InChI is InChI=1S/C5H6ClN3O2/c1-11-5(10)2-4(3-6)8-9-7/h2H,3H2,1H3/b4-2-. The van der Waals surface area contributed by atoms with Gasteiger partial charge in [0.25, 0.3) is 0 Å². The minimum atomic E-state index is -0.590. The summed E-state index contributed by atoms with van der Waals surface area (Å²) in [6, 6.07) is 0. The summed E-state index contributed by atoms with van der Waals surface area (Å²) in [7, 11) is 1.22. The van der Waals surface area contributed by atoms with Gasteiger partial charge < -0.3 is 4.74 Å². The lowest BCUT2D eigenvalue weighted by molar-refractivity contribution is -0.134. The molecule has 0 aromatic rings. The zero-order valence-electron chi connectivity index (χ0n) is 5.82. The minimum absolute atomic E-state index is 0.0147. The van der Waals surface area contributed by atoms with Crippen LogP contribution < -0.4 is 0 Å². The SMILES string of the molecule is COC(=O)/C=C(/CCl)N=[N+]=[N-]. The van der Waals surface area contributed by atoms with E-state index in [4.69, 9.17) is 17.1 Å². The van der Waals surface area contributed by atoms with Crippen LogP contribution in [0.5, 0.6) is 0 Å². The first-order valence-electron chi connectivity index (χ1n) is 2.64. The van der Waals surface area contributed by atoms with Crippen molar-refractivity contribution in [1.82, 2.24) is 0 Å². The van der Waals surface area contributed by atoms with Gasteiger partial charge in [-0.15, -0.1) is 11.6 Å². The molecule has 0 aromatic carbocycles. The lowest BCUT2D eigenvalue weighted by atomic mass is 10.4. The third-order valence-electron chi connectivity index (χ3n) is 0.796. The first kappa shape index (κ1) is 9.81. The molecule has 0 N–H and O–H groups in total. The van der Waals surface area contributed by atoms with E-state index in [1.165, 1.54) is 7.11 Å². The van der Waals surface area contributed by atoms with E-state index in [2.05, 4.69) is 14.8 Å². The number of methoxy groups -OCH3 is 1. The number of alkyl halides is 1. The van der Waals surface area contributed by atoms with Gasteiger partial charge in [0.1, 0.15) is 0 Å². The van der Waals surface area contributed by atoms with Gasteiger partial charge in [-0.3, -0.25) is 0 Å². The van der Waals surface area contributed by atoms with Crippen LogP contribution in [0.1, 0.15) is 0 Å². The van der Waals surface area contributed by atoms with Crippen molar-refractivity contribution in [2.75, 3.05) is 13.0 Å². The molecule has 0 radical (unpaired) electrons. The third kappa shape index (κ3) is 4.25. The molecule has 0 atom stereocenters. The van der Waals surface area contributed by atoms with Crippen molar-refractivity contribution in [3.8, 4) is 0 Å². The molecule has 0 amide bonds. The molecule has 0 aliphatic carbocycles. The molecule has 0 heterocycles. The fraction of sp³-hybridized carbons (Fsp3) is 0.400. The Morgan fingerprint density at radius 2 is 2.55 bits per heavy atom. The number of hydrogen-bond donors (Lipinski definition) is 0. The summed E-state index contributed by atoms with van der Waals surface area (Å²) < 4.78 is 4.27. The number of azide groups is 1. The van der Waals surface area contributed by atoms with E-state index in [-0.39, 0.29) is 11.6 Å². The minimum Gasteiger partial charge on any atom is -0.466 e. The van der Waals surface area contributed by atoms with Crippen LogP contribution in [0, 0.1) is 0 Å². The average Bonchev–Trinajstić information content (AvgIpc) is 2.03. The molecule has 0 bridgehead atoms. The van der Waals surface area contributed by atoms with Crippen molar-refractivity contribution in [2.24, 2.45) is 5.11 Å². The zero-order chi connectivity index (χ0) is 8.69. The zero-order valence-corrected chi connectivity index (χ0v) is 6.58. The highest BCUT2D eigenvalue weighted by atomic mass is 35.5. The van der Waals surface area contributed by atoms with Gasteiger partial charge in [-0.05, 0) is 5.53 Å². The van der Waals surface area contributed by atoms with E-state index in [0.29, 0.717) is 0 Å². The fourth-order valence-electron chi connectivity index (χ4n) is 0.347. The second kappa shape index (κ2) is 5.58. The predicted molar refractivity (Wildman–Crippen MR) is 40.0 cm³/mol.